The normalized spacial score (nSPS) is 21.5. The highest BCUT2D eigenvalue weighted by molar-refractivity contribution is 5.61. The van der Waals surface area contributed by atoms with Crippen LogP contribution in [0.4, 0.5) is 5.69 Å². The van der Waals surface area contributed by atoms with Crippen LogP contribution in [0.3, 0.4) is 0 Å². The van der Waals surface area contributed by atoms with E-state index in [1.165, 1.54) is 19.3 Å². The van der Waals surface area contributed by atoms with Gasteiger partial charge in [-0.25, -0.2) is 0 Å². The van der Waals surface area contributed by atoms with Gasteiger partial charge in [0.25, 0.3) is 0 Å². The fourth-order valence-corrected chi connectivity index (χ4v) is 2.82. The van der Waals surface area contributed by atoms with Crippen LogP contribution < -0.4 is 10.1 Å². The first kappa shape index (κ1) is 13.7. The van der Waals surface area contributed by atoms with Gasteiger partial charge in [0.2, 0.25) is 0 Å². The first-order valence-corrected chi connectivity index (χ1v) is 6.91. The lowest BCUT2D eigenvalue weighted by Gasteiger charge is -2.39. The molecule has 1 fully saturated rings. The number of methoxy groups -OCH3 is 1. The van der Waals surface area contributed by atoms with Gasteiger partial charge in [0.15, 0.2) is 0 Å². The number of anilines is 1. The number of hydrogen-bond acceptors (Lipinski definition) is 3. The van der Waals surface area contributed by atoms with Crippen LogP contribution in [-0.4, -0.2) is 13.2 Å². The Balaban J connectivity index is 2.24. The molecule has 0 amide bonds. The Morgan fingerprint density at radius 1 is 1.37 bits per heavy atom. The van der Waals surface area contributed by atoms with Crippen molar-refractivity contribution in [1.29, 1.82) is 5.26 Å². The molecule has 0 bridgehead atoms. The SMILES string of the molecule is COc1ccc(C#N)c(NC2CCCCC2(C)C)c1. The first-order chi connectivity index (χ1) is 9.06. The third-order valence-corrected chi connectivity index (χ3v) is 4.18. The third kappa shape index (κ3) is 3.01. The highest BCUT2D eigenvalue weighted by atomic mass is 16.5. The molecular weight excluding hydrogens is 236 g/mol. The minimum atomic E-state index is 0.272. The molecule has 1 atom stereocenters. The summed E-state index contributed by atoms with van der Waals surface area (Å²) < 4.78 is 5.25. The second kappa shape index (κ2) is 5.52. The van der Waals surface area contributed by atoms with Crippen molar-refractivity contribution in [2.75, 3.05) is 12.4 Å². The topological polar surface area (TPSA) is 45.0 Å². The van der Waals surface area contributed by atoms with Gasteiger partial charge >= 0.3 is 0 Å². The van der Waals surface area contributed by atoms with Crippen molar-refractivity contribution in [2.45, 2.75) is 45.6 Å². The van der Waals surface area contributed by atoms with Gasteiger partial charge < -0.3 is 10.1 Å². The molecule has 0 spiro atoms. The summed E-state index contributed by atoms with van der Waals surface area (Å²) in [7, 11) is 1.65. The molecule has 0 aliphatic heterocycles. The summed E-state index contributed by atoms with van der Waals surface area (Å²) in [6.07, 6.45) is 4.95. The lowest BCUT2D eigenvalue weighted by Crippen LogP contribution is -2.39. The molecule has 1 aromatic rings. The maximum atomic E-state index is 9.21. The summed E-state index contributed by atoms with van der Waals surface area (Å²) in [6, 6.07) is 8.23. The van der Waals surface area contributed by atoms with Gasteiger partial charge in [0.1, 0.15) is 11.8 Å². The van der Waals surface area contributed by atoms with Crippen LogP contribution in [0.5, 0.6) is 5.75 Å². The second-order valence-corrected chi connectivity index (χ2v) is 5.95. The van der Waals surface area contributed by atoms with Crippen molar-refractivity contribution in [3.63, 3.8) is 0 Å². The first-order valence-electron chi connectivity index (χ1n) is 6.91. The number of hydrogen-bond donors (Lipinski definition) is 1. The Bertz CT molecular complexity index is 488. The number of rotatable bonds is 3. The van der Waals surface area contributed by atoms with Crippen LogP contribution >= 0.6 is 0 Å². The number of nitrogens with one attached hydrogen (secondary N) is 1. The van der Waals surface area contributed by atoms with Crippen LogP contribution in [0.1, 0.15) is 45.1 Å². The van der Waals surface area contributed by atoms with Gasteiger partial charge in [-0.2, -0.15) is 5.26 Å². The quantitative estimate of drug-likeness (QED) is 0.893. The van der Waals surface area contributed by atoms with Gasteiger partial charge in [0.05, 0.1) is 18.4 Å². The predicted molar refractivity (Wildman–Crippen MR) is 77.4 cm³/mol. The van der Waals surface area contributed by atoms with E-state index in [4.69, 9.17) is 4.74 Å². The summed E-state index contributed by atoms with van der Waals surface area (Å²) >= 11 is 0. The Morgan fingerprint density at radius 3 is 2.79 bits per heavy atom. The molecule has 3 nitrogen and oxygen atoms in total. The molecule has 1 aromatic carbocycles. The smallest absolute Gasteiger partial charge is 0.121 e. The molecule has 19 heavy (non-hydrogen) atoms. The molecule has 0 saturated heterocycles. The largest absolute Gasteiger partial charge is 0.497 e. The summed E-state index contributed by atoms with van der Waals surface area (Å²) in [6.45, 7) is 4.60. The highest BCUT2D eigenvalue weighted by Gasteiger charge is 2.32. The Morgan fingerprint density at radius 2 is 2.16 bits per heavy atom. The van der Waals surface area contributed by atoms with Crippen molar-refractivity contribution in [3.8, 4) is 11.8 Å². The fraction of sp³-hybridized carbons (Fsp3) is 0.562. The molecule has 1 aliphatic rings. The minimum absolute atomic E-state index is 0.272. The lowest BCUT2D eigenvalue weighted by molar-refractivity contribution is 0.217. The fourth-order valence-electron chi connectivity index (χ4n) is 2.82. The van der Waals surface area contributed by atoms with Crippen LogP contribution in [-0.2, 0) is 0 Å². The van der Waals surface area contributed by atoms with Crippen molar-refractivity contribution in [1.82, 2.24) is 0 Å². The van der Waals surface area contributed by atoms with Gasteiger partial charge in [-0.15, -0.1) is 0 Å². The summed E-state index contributed by atoms with van der Waals surface area (Å²) in [4.78, 5) is 0. The maximum absolute atomic E-state index is 9.21. The second-order valence-electron chi connectivity index (χ2n) is 5.95. The van der Waals surface area contributed by atoms with E-state index in [0.29, 0.717) is 11.6 Å². The minimum Gasteiger partial charge on any atom is -0.497 e. The highest BCUT2D eigenvalue weighted by Crippen LogP contribution is 2.38. The monoisotopic (exact) mass is 258 g/mol. The van der Waals surface area contributed by atoms with Gasteiger partial charge in [-0.05, 0) is 30.4 Å². The molecular formula is C16H22N2O. The zero-order chi connectivity index (χ0) is 13.9. The number of ether oxygens (including phenoxy) is 1. The van der Waals surface area contributed by atoms with E-state index in [1.807, 2.05) is 18.2 Å². The van der Waals surface area contributed by atoms with E-state index in [9.17, 15) is 5.26 Å². The van der Waals surface area contributed by atoms with E-state index in [-0.39, 0.29) is 5.41 Å². The van der Waals surface area contributed by atoms with Crippen molar-refractivity contribution < 1.29 is 4.74 Å². The summed E-state index contributed by atoms with van der Waals surface area (Å²) in [5.41, 5.74) is 1.85. The molecule has 1 saturated carbocycles. The van der Waals surface area contributed by atoms with Crippen molar-refractivity contribution in [3.05, 3.63) is 23.8 Å². The van der Waals surface area contributed by atoms with Crippen molar-refractivity contribution >= 4 is 5.69 Å². The van der Waals surface area contributed by atoms with Crippen LogP contribution in [0.2, 0.25) is 0 Å². The summed E-state index contributed by atoms with van der Waals surface area (Å²) in [5, 5.41) is 12.8. The van der Waals surface area contributed by atoms with Gasteiger partial charge in [0, 0.05) is 12.1 Å². The molecule has 1 unspecified atom stereocenters. The molecule has 0 radical (unpaired) electrons. The van der Waals surface area contributed by atoms with E-state index in [1.54, 1.807) is 7.11 Å². The molecule has 0 heterocycles. The zero-order valence-electron chi connectivity index (χ0n) is 12.0. The third-order valence-electron chi connectivity index (χ3n) is 4.18. The standard InChI is InChI=1S/C16H22N2O/c1-16(2)9-5-4-6-15(16)18-14-10-13(19-3)8-7-12(14)11-17/h7-8,10,15,18H,4-6,9H2,1-3H3. The van der Waals surface area contributed by atoms with E-state index in [0.717, 1.165) is 17.9 Å². The number of nitriles is 1. The van der Waals surface area contributed by atoms with Gasteiger partial charge in [-0.1, -0.05) is 26.7 Å². The molecule has 2 rings (SSSR count). The average Bonchev–Trinajstić information content (AvgIpc) is 2.41. The van der Waals surface area contributed by atoms with Crippen LogP contribution in [0.25, 0.3) is 0 Å². The van der Waals surface area contributed by atoms with E-state index < -0.39 is 0 Å². The summed E-state index contributed by atoms with van der Waals surface area (Å²) in [5.74, 6) is 0.787. The predicted octanol–water partition coefficient (Wildman–Crippen LogP) is 3.95. The Hall–Kier alpha value is -1.69. The van der Waals surface area contributed by atoms with Crippen molar-refractivity contribution in [2.24, 2.45) is 5.41 Å². The molecule has 3 heteroatoms. The Labute approximate surface area is 115 Å². The van der Waals surface area contributed by atoms with E-state index >= 15 is 0 Å². The van der Waals surface area contributed by atoms with Gasteiger partial charge in [-0.3, -0.25) is 0 Å². The molecule has 1 aliphatic carbocycles. The van der Waals surface area contributed by atoms with Crippen LogP contribution in [0.15, 0.2) is 18.2 Å². The van der Waals surface area contributed by atoms with E-state index in [2.05, 4.69) is 25.2 Å². The molecule has 102 valence electrons. The Kier molecular flexibility index (Phi) is 3.99. The number of benzene rings is 1. The van der Waals surface area contributed by atoms with Crippen LogP contribution in [0, 0.1) is 16.7 Å². The average molecular weight is 258 g/mol. The zero-order valence-corrected chi connectivity index (χ0v) is 12.0. The maximum Gasteiger partial charge on any atom is 0.121 e. The molecule has 0 aromatic heterocycles. The lowest BCUT2D eigenvalue weighted by atomic mass is 9.73. The molecule has 1 N–H and O–H groups in total. The number of nitrogens with zero attached hydrogens (tertiary/aromatic N) is 1.